The minimum atomic E-state index is -0.311. The van der Waals surface area contributed by atoms with Crippen LogP contribution in [0.2, 0.25) is 0 Å². The molecule has 1 aliphatic carbocycles. The van der Waals surface area contributed by atoms with E-state index in [1.54, 1.807) is 4.90 Å². The Hall–Kier alpha value is -0.770. The third kappa shape index (κ3) is 1.71. The summed E-state index contributed by atoms with van der Waals surface area (Å²) >= 11 is 0. The highest BCUT2D eigenvalue weighted by atomic mass is 16.3. The van der Waals surface area contributed by atoms with E-state index in [0.717, 1.165) is 19.3 Å². The van der Waals surface area contributed by atoms with Crippen molar-refractivity contribution >= 4 is 6.03 Å². The summed E-state index contributed by atoms with van der Waals surface area (Å²) in [6.45, 7) is 1.22. The van der Waals surface area contributed by atoms with Crippen LogP contribution in [0.4, 0.5) is 4.79 Å². The molecule has 4 heteroatoms. The Labute approximate surface area is 84.5 Å². The lowest BCUT2D eigenvalue weighted by Crippen LogP contribution is -2.47. The Morgan fingerprint density at radius 3 is 2.57 bits per heavy atom. The number of aliphatic hydroxyl groups excluding tert-OH is 1. The van der Waals surface area contributed by atoms with Crippen LogP contribution in [0.15, 0.2) is 0 Å². The topological polar surface area (TPSA) is 43.8 Å². The predicted molar refractivity (Wildman–Crippen MR) is 53.0 cm³/mol. The summed E-state index contributed by atoms with van der Waals surface area (Å²) in [5.41, 5.74) is 0. The molecule has 2 aliphatic rings. The van der Waals surface area contributed by atoms with E-state index in [4.69, 9.17) is 0 Å². The fourth-order valence-corrected chi connectivity index (χ4v) is 2.07. The molecule has 80 valence electrons. The maximum Gasteiger partial charge on any atom is 0.320 e. The Morgan fingerprint density at radius 1 is 1.43 bits per heavy atom. The van der Waals surface area contributed by atoms with Gasteiger partial charge in [-0.25, -0.2) is 4.79 Å². The van der Waals surface area contributed by atoms with Crippen LogP contribution in [0, 0.1) is 0 Å². The maximum absolute atomic E-state index is 11.9. The van der Waals surface area contributed by atoms with E-state index in [1.165, 1.54) is 6.42 Å². The molecule has 0 unspecified atom stereocenters. The van der Waals surface area contributed by atoms with Gasteiger partial charge in [0.25, 0.3) is 0 Å². The molecule has 1 heterocycles. The molecule has 0 bridgehead atoms. The summed E-state index contributed by atoms with van der Waals surface area (Å²) in [5.74, 6) is 0. The molecule has 1 N–H and O–H groups in total. The van der Waals surface area contributed by atoms with E-state index in [-0.39, 0.29) is 12.1 Å². The molecule has 0 aromatic carbocycles. The van der Waals surface area contributed by atoms with Crippen LogP contribution in [0.25, 0.3) is 0 Å². The molecule has 2 rings (SSSR count). The molecule has 2 amide bonds. The number of carbonyl (C=O) groups excluding carboxylic acids is 1. The molecule has 2 fully saturated rings. The second-order valence-corrected chi connectivity index (χ2v) is 4.37. The predicted octanol–water partition coefficient (Wildman–Crippen LogP) is 0.657. The van der Waals surface area contributed by atoms with Gasteiger partial charge in [0.15, 0.2) is 0 Å². The molecule has 0 spiro atoms. The quantitative estimate of drug-likeness (QED) is 0.672. The number of carbonyl (C=O) groups is 1. The molecular formula is C10H18N2O2. The third-order valence-electron chi connectivity index (χ3n) is 3.36. The van der Waals surface area contributed by atoms with Crippen LogP contribution in [-0.2, 0) is 0 Å². The number of rotatable bonds is 1. The van der Waals surface area contributed by atoms with E-state index < -0.39 is 0 Å². The summed E-state index contributed by atoms with van der Waals surface area (Å²) in [5, 5.41) is 9.33. The van der Waals surface area contributed by atoms with Crippen LogP contribution >= 0.6 is 0 Å². The van der Waals surface area contributed by atoms with Gasteiger partial charge in [-0.05, 0) is 25.7 Å². The van der Waals surface area contributed by atoms with Gasteiger partial charge in [-0.1, -0.05) is 0 Å². The maximum atomic E-state index is 11.9. The fraction of sp³-hybridized carbons (Fsp3) is 0.900. The summed E-state index contributed by atoms with van der Waals surface area (Å²) in [6.07, 6.45) is 3.93. The molecule has 1 aliphatic heterocycles. The summed E-state index contributed by atoms with van der Waals surface area (Å²) in [6, 6.07) is 0.534. The van der Waals surface area contributed by atoms with Gasteiger partial charge in [0.2, 0.25) is 0 Å². The number of amides is 2. The van der Waals surface area contributed by atoms with Crippen molar-refractivity contribution < 1.29 is 9.90 Å². The van der Waals surface area contributed by atoms with Crippen LogP contribution in [-0.4, -0.2) is 53.2 Å². The molecule has 14 heavy (non-hydrogen) atoms. The standard InChI is InChI=1S/C10H18N2O2/c1-11(8-3-2-4-8)10(14)12-6-5-9(13)7-12/h8-9,13H,2-7H2,1H3/t9-/m0/s1. The lowest BCUT2D eigenvalue weighted by molar-refractivity contribution is 0.121. The number of urea groups is 1. The van der Waals surface area contributed by atoms with Crippen molar-refractivity contribution in [1.82, 2.24) is 9.80 Å². The number of likely N-dealkylation sites (tertiary alicyclic amines) is 1. The highest BCUT2D eigenvalue weighted by Gasteiger charge is 2.31. The zero-order valence-corrected chi connectivity index (χ0v) is 8.65. The average molecular weight is 198 g/mol. The number of hydrogen-bond acceptors (Lipinski definition) is 2. The molecule has 0 aromatic heterocycles. The third-order valence-corrected chi connectivity index (χ3v) is 3.36. The molecular weight excluding hydrogens is 180 g/mol. The van der Waals surface area contributed by atoms with Crippen LogP contribution < -0.4 is 0 Å². The SMILES string of the molecule is CN(C(=O)N1CC[C@H](O)C1)C1CCC1. The first-order valence-corrected chi connectivity index (χ1v) is 5.38. The molecule has 4 nitrogen and oxygen atoms in total. The first kappa shape index (κ1) is 9.77. The Bertz CT molecular complexity index is 224. The number of β-amino-alcohol motifs (C(OH)–C–C–N with tert-alkyl or cyclic N) is 1. The van der Waals surface area contributed by atoms with Gasteiger partial charge in [0.05, 0.1) is 6.10 Å². The molecule has 0 radical (unpaired) electrons. The normalized spacial score (nSPS) is 27.6. The number of aliphatic hydroxyl groups is 1. The van der Waals surface area contributed by atoms with Crippen molar-refractivity contribution in [3.05, 3.63) is 0 Å². The van der Waals surface area contributed by atoms with Crippen molar-refractivity contribution in [2.75, 3.05) is 20.1 Å². The summed E-state index contributed by atoms with van der Waals surface area (Å²) in [7, 11) is 1.87. The van der Waals surface area contributed by atoms with Gasteiger partial charge in [-0.15, -0.1) is 0 Å². The Balaban J connectivity index is 1.87. The van der Waals surface area contributed by atoms with Gasteiger partial charge in [0, 0.05) is 26.2 Å². The summed E-state index contributed by atoms with van der Waals surface area (Å²) < 4.78 is 0. The Morgan fingerprint density at radius 2 is 2.14 bits per heavy atom. The van der Waals surface area contributed by atoms with Crippen molar-refractivity contribution in [2.45, 2.75) is 37.8 Å². The molecule has 1 atom stereocenters. The van der Waals surface area contributed by atoms with E-state index in [9.17, 15) is 9.90 Å². The van der Waals surface area contributed by atoms with Crippen molar-refractivity contribution in [2.24, 2.45) is 0 Å². The van der Waals surface area contributed by atoms with Crippen molar-refractivity contribution in [1.29, 1.82) is 0 Å². The number of nitrogens with zero attached hydrogens (tertiary/aromatic N) is 2. The monoisotopic (exact) mass is 198 g/mol. The first-order chi connectivity index (χ1) is 6.68. The lowest BCUT2D eigenvalue weighted by atomic mass is 9.92. The first-order valence-electron chi connectivity index (χ1n) is 5.38. The van der Waals surface area contributed by atoms with E-state index in [0.29, 0.717) is 19.1 Å². The fourth-order valence-electron chi connectivity index (χ4n) is 2.07. The molecule has 0 aromatic rings. The van der Waals surface area contributed by atoms with Gasteiger partial charge >= 0.3 is 6.03 Å². The van der Waals surface area contributed by atoms with Crippen molar-refractivity contribution in [3.8, 4) is 0 Å². The average Bonchev–Trinajstić information content (AvgIpc) is 2.47. The second kappa shape index (κ2) is 3.77. The van der Waals surface area contributed by atoms with Gasteiger partial charge < -0.3 is 14.9 Å². The second-order valence-electron chi connectivity index (χ2n) is 4.37. The zero-order valence-electron chi connectivity index (χ0n) is 8.65. The number of hydrogen-bond donors (Lipinski definition) is 1. The zero-order chi connectivity index (χ0) is 10.1. The van der Waals surface area contributed by atoms with E-state index >= 15 is 0 Å². The van der Waals surface area contributed by atoms with Crippen LogP contribution in [0.1, 0.15) is 25.7 Å². The van der Waals surface area contributed by atoms with Crippen LogP contribution in [0.3, 0.4) is 0 Å². The smallest absolute Gasteiger partial charge is 0.320 e. The largest absolute Gasteiger partial charge is 0.391 e. The highest BCUT2D eigenvalue weighted by molar-refractivity contribution is 5.75. The Kier molecular flexibility index (Phi) is 2.63. The lowest BCUT2D eigenvalue weighted by Gasteiger charge is -2.36. The van der Waals surface area contributed by atoms with Crippen LogP contribution in [0.5, 0.6) is 0 Å². The highest BCUT2D eigenvalue weighted by Crippen LogP contribution is 2.25. The van der Waals surface area contributed by atoms with Gasteiger partial charge in [0.1, 0.15) is 0 Å². The van der Waals surface area contributed by atoms with Gasteiger partial charge in [-0.3, -0.25) is 0 Å². The minimum absolute atomic E-state index is 0.0891. The van der Waals surface area contributed by atoms with E-state index in [1.807, 2.05) is 11.9 Å². The molecule has 1 saturated heterocycles. The van der Waals surface area contributed by atoms with Crippen molar-refractivity contribution in [3.63, 3.8) is 0 Å². The summed E-state index contributed by atoms with van der Waals surface area (Å²) in [4.78, 5) is 15.5. The molecule has 1 saturated carbocycles. The van der Waals surface area contributed by atoms with Gasteiger partial charge in [-0.2, -0.15) is 0 Å². The minimum Gasteiger partial charge on any atom is -0.391 e. The van der Waals surface area contributed by atoms with E-state index in [2.05, 4.69) is 0 Å².